The lowest BCUT2D eigenvalue weighted by Gasteiger charge is -2.16. The first-order valence-electron chi connectivity index (χ1n) is 7.75. The van der Waals surface area contributed by atoms with E-state index in [2.05, 4.69) is 15.6 Å². The lowest BCUT2D eigenvalue weighted by molar-refractivity contribution is -0.139. The molecule has 0 aliphatic carbocycles. The summed E-state index contributed by atoms with van der Waals surface area (Å²) in [4.78, 5) is 28.0. The summed E-state index contributed by atoms with van der Waals surface area (Å²) in [5, 5.41) is 5.19. The van der Waals surface area contributed by atoms with Crippen molar-refractivity contribution < 1.29 is 19.1 Å². The standard InChI is InChI=1S/C18H21N3O4/c1-12(13-7-8-15(24-2)16(10-13)25-3)21-18(23)17(22)20-11-14-6-4-5-9-19-14/h4-10,12H,11H2,1-3H3,(H,20,22)(H,21,23). The molecule has 1 aromatic heterocycles. The van der Waals surface area contributed by atoms with Crippen molar-refractivity contribution in [3.63, 3.8) is 0 Å². The van der Waals surface area contributed by atoms with E-state index in [9.17, 15) is 9.59 Å². The van der Waals surface area contributed by atoms with Crippen molar-refractivity contribution in [3.05, 3.63) is 53.9 Å². The monoisotopic (exact) mass is 343 g/mol. The van der Waals surface area contributed by atoms with Crippen LogP contribution in [0.5, 0.6) is 11.5 Å². The van der Waals surface area contributed by atoms with Crippen LogP contribution in [0.4, 0.5) is 0 Å². The Morgan fingerprint density at radius 1 is 1.08 bits per heavy atom. The van der Waals surface area contributed by atoms with Gasteiger partial charge in [0.2, 0.25) is 0 Å². The molecule has 2 aromatic rings. The van der Waals surface area contributed by atoms with E-state index >= 15 is 0 Å². The van der Waals surface area contributed by atoms with E-state index in [4.69, 9.17) is 9.47 Å². The van der Waals surface area contributed by atoms with Crippen molar-refractivity contribution in [1.29, 1.82) is 0 Å². The fraction of sp³-hybridized carbons (Fsp3) is 0.278. The number of nitrogens with zero attached hydrogens (tertiary/aromatic N) is 1. The van der Waals surface area contributed by atoms with Gasteiger partial charge in [-0.3, -0.25) is 14.6 Å². The van der Waals surface area contributed by atoms with Crippen LogP contribution in [0.15, 0.2) is 42.6 Å². The molecule has 1 unspecified atom stereocenters. The van der Waals surface area contributed by atoms with Gasteiger partial charge >= 0.3 is 11.8 Å². The highest BCUT2D eigenvalue weighted by atomic mass is 16.5. The third-order valence-electron chi connectivity index (χ3n) is 3.62. The quantitative estimate of drug-likeness (QED) is 0.778. The first-order chi connectivity index (χ1) is 12.0. The van der Waals surface area contributed by atoms with Gasteiger partial charge in [-0.05, 0) is 36.8 Å². The molecule has 0 radical (unpaired) electrons. The third kappa shape index (κ3) is 4.94. The van der Waals surface area contributed by atoms with Crippen molar-refractivity contribution in [2.24, 2.45) is 0 Å². The molecule has 0 aliphatic rings. The van der Waals surface area contributed by atoms with E-state index in [1.54, 1.807) is 50.6 Å². The summed E-state index contributed by atoms with van der Waals surface area (Å²) in [7, 11) is 3.09. The number of amides is 2. The Hall–Kier alpha value is -3.09. The average molecular weight is 343 g/mol. The minimum absolute atomic E-state index is 0.192. The highest BCUT2D eigenvalue weighted by molar-refractivity contribution is 6.35. The Bertz CT molecular complexity index is 734. The van der Waals surface area contributed by atoms with Crippen LogP contribution in [0, 0.1) is 0 Å². The zero-order chi connectivity index (χ0) is 18.2. The predicted molar refractivity (Wildman–Crippen MR) is 92.2 cm³/mol. The Labute approximate surface area is 146 Å². The van der Waals surface area contributed by atoms with Crippen LogP contribution in [0.25, 0.3) is 0 Å². The lowest BCUT2D eigenvalue weighted by atomic mass is 10.1. The topological polar surface area (TPSA) is 89.5 Å². The molecule has 7 heteroatoms. The Kier molecular flexibility index (Phi) is 6.33. The van der Waals surface area contributed by atoms with Gasteiger partial charge in [-0.25, -0.2) is 0 Å². The molecule has 2 amide bonds. The molecule has 1 aromatic carbocycles. The van der Waals surface area contributed by atoms with Gasteiger partial charge in [-0.2, -0.15) is 0 Å². The van der Waals surface area contributed by atoms with Crippen LogP contribution >= 0.6 is 0 Å². The Morgan fingerprint density at radius 2 is 1.84 bits per heavy atom. The van der Waals surface area contributed by atoms with Crippen LogP contribution in [0.2, 0.25) is 0 Å². The molecule has 0 saturated heterocycles. The number of nitrogens with one attached hydrogen (secondary N) is 2. The van der Waals surface area contributed by atoms with Gasteiger partial charge in [0.15, 0.2) is 11.5 Å². The number of benzene rings is 1. The molecule has 2 rings (SSSR count). The van der Waals surface area contributed by atoms with Gasteiger partial charge < -0.3 is 20.1 Å². The van der Waals surface area contributed by atoms with Gasteiger partial charge in [0.1, 0.15) is 0 Å². The number of pyridine rings is 1. The highest BCUT2D eigenvalue weighted by Crippen LogP contribution is 2.29. The van der Waals surface area contributed by atoms with Gasteiger partial charge in [0, 0.05) is 6.20 Å². The lowest BCUT2D eigenvalue weighted by Crippen LogP contribution is -2.40. The van der Waals surface area contributed by atoms with E-state index in [0.717, 1.165) is 5.56 Å². The first kappa shape index (κ1) is 18.3. The second kappa shape index (κ2) is 8.68. The van der Waals surface area contributed by atoms with Crippen molar-refractivity contribution in [1.82, 2.24) is 15.6 Å². The van der Waals surface area contributed by atoms with Crippen LogP contribution in [-0.4, -0.2) is 31.0 Å². The highest BCUT2D eigenvalue weighted by Gasteiger charge is 2.18. The summed E-state index contributed by atoms with van der Waals surface area (Å²) >= 11 is 0. The van der Waals surface area contributed by atoms with Gasteiger partial charge in [0.05, 0.1) is 32.5 Å². The predicted octanol–water partition coefficient (Wildman–Crippen LogP) is 1.59. The van der Waals surface area contributed by atoms with E-state index in [-0.39, 0.29) is 12.6 Å². The van der Waals surface area contributed by atoms with Crippen LogP contribution in [0.1, 0.15) is 24.2 Å². The molecule has 1 heterocycles. The maximum Gasteiger partial charge on any atom is 0.309 e. The summed E-state index contributed by atoms with van der Waals surface area (Å²) in [5.74, 6) is -0.269. The molecule has 25 heavy (non-hydrogen) atoms. The Morgan fingerprint density at radius 3 is 2.48 bits per heavy atom. The molecule has 1 atom stereocenters. The smallest absolute Gasteiger partial charge is 0.309 e. The largest absolute Gasteiger partial charge is 0.493 e. The fourth-order valence-corrected chi connectivity index (χ4v) is 2.22. The minimum Gasteiger partial charge on any atom is -0.493 e. The number of carbonyl (C=O) groups excluding carboxylic acids is 2. The summed E-state index contributed by atoms with van der Waals surface area (Å²) in [6, 6.07) is 10.3. The van der Waals surface area contributed by atoms with E-state index < -0.39 is 11.8 Å². The summed E-state index contributed by atoms with van der Waals surface area (Å²) in [6.45, 7) is 1.98. The summed E-state index contributed by atoms with van der Waals surface area (Å²) in [5.41, 5.74) is 1.47. The molecule has 132 valence electrons. The maximum absolute atomic E-state index is 12.0. The number of aromatic nitrogens is 1. The molecule has 0 fully saturated rings. The number of hydrogen-bond acceptors (Lipinski definition) is 5. The van der Waals surface area contributed by atoms with Crippen LogP contribution in [0.3, 0.4) is 0 Å². The van der Waals surface area contributed by atoms with Crippen molar-refractivity contribution in [2.75, 3.05) is 14.2 Å². The number of hydrogen-bond donors (Lipinski definition) is 2. The number of rotatable bonds is 6. The second-order valence-electron chi connectivity index (χ2n) is 5.31. The summed E-state index contributed by atoms with van der Waals surface area (Å²) in [6.07, 6.45) is 1.63. The zero-order valence-electron chi connectivity index (χ0n) is 14.4. The Balaban J connectivity index is 1.93. The van der Waals surface area contributed by atoms with Crippen LogP contribution < -0.4 is 20.1 Å². The molecular weight excluding hydrogens is 322 g/mol. The molecule has 2 N–H and O–H groups in total. The maximum atomic E-state index is 12.0. The van der Waals surface area contributed by atoms with Gasteiger partial charge in [-0.15, -0.1) is 0 Å². The second-order valence-corrected chi connectivity index (χ2v) is 5.31. The van der Waals surface area contributed by atoms with Crippen molar-refractivity contribution in [2.45, 2.75) is 19.5 Å². The fourth-order valence-electron chi connectivity index (χ4n) is 2.22. The zero-order valence-corrected chi connectivity index (χ0v) is 14.4. The molecule has 7 nitrogen and oxygen atoms in total. The number of methoxy groups -OCH3 is 2. The minimum atomic E-state index is -0.710. The third-order valence-corrected chi connectivity index (χ3v) is 3.62. The van der Waals surface area contributed by atoms with Gasteiger partial charge in [-0.1, -0.05) is 12.1 Å². The first-order valence-corrected chi connectivity index (χ1v) is 7.75. The van der Waals surface area contributed by atoms with Crippen molar-refractivity contribution >= 4 is 11.8 Å². The average Bonchev–Trinajstić information content (AvgIpc) is 2.66. The van der Waals surface area contributed by atoms with E-state index in [0.29, 0.717) is 17.2 Å². The molecule has 0 aliphatic heterocycles. The summed E-state index contributed by atoms with van der Waals surface area (Å²) < 4.78 is 10.4. The van der Waals surface area contributed by atoms with Gasteiger partial charge in [0.25, 0.3) is 0 Å². The number of ether oxygens (including phenoxy) is 2. The SMILES string of the molecule is COc1ccc(C(C)NC(=O)C(=O)NCc2ccccn2)cc1OC. The molecule has 0 bridgehead atoms. The van der Waals surface area contributed by atoms with Crippen LogP contribution in [-0.2, 0) is 16.1 Å². The number of carbonyl (C=O) groups is 2. The molecule has 0 spiro atoms. The van der Waals surface area contributed by atoms with Crippen molar-refractivity contribution in [3.8, 4) is 11.5 Å². The van der Waals surface area contributed by atoms with E-state index in [1.165, 1.54) is 7.11 Å². The molecule has 0 saturated carbocycles. The van der Waals surface area contributed by atoms with E-state index in [1.807, 2.05) is 6.07 Å². The molecular formula is C18H21N3O4. The normalized spacial score (nSPS) is 11.3.